The Bertz CT molecular complexity index is 590. The number of hydrogen-bond donors (Lipinski definition) is 2. The molecule has 1 amide bonds. The number of halogens is 1. The molecular formula is C15H18BrNO5. The molecule has 0 radical (unpaired) electrons. The van der Waals surface area contributed by atoms with Crippen molar-refractivity contribution >= 4 is 27.8 Å². The molecule has 0 saturated carbocycles. The van der Waals surface area contributed by atoms with E-state index in [2.05, 4.69) is 21.2 Å². The summed E-state index contributed by atoms with van der Waals surface area (Å²) < 4.78 is 11.7. The maximum atomic E-state index is 12.1. The summed E-state index contributed by atoms with van der Waals surface area (Å²) in [5.41, 5.74) is 0.761. The van der Waals surface area contributed by atoms with Crippen LogP contribution in [-0.2, 0) is 16.0 Å². The number of carboxylic acids is 1. The lowest BCUT2D eigenvalue weighted by atomic mass is 10.0. The summed E-state index contributed by atoms with van der Waals surface area (Å²) in [6, 6.07) is 3.10. The minimum Gasteiger partial charge on any atom is -0.486 e. The number of rotatable bonds is 5. The summed E-state index contributed by atoms with van der Waals surface area (Å²) in [6.07, 6.45) is 0.133. The van der Waals surface area contributed by atoms with Crippen LogP contribution in [-0.4, -0.2) is 36.2 Å². The number of carboxylic acid groups (broad SMARTS) is 1. The number of fused-ring (bicyclic) bond motifs is 1. The number of carbonyl (C=O) groups excluding carboxylic acids is 1. The Hall–Kier alpha value is -1.76. The number of carbonyl (C=O) groups is 2. The van der Waals surface area contributed by atoms with Gasteiger partial charge in [0.2, 0.25) is 5.91 Å². The molecule has 1 aromatic carbocycles. The van der Waals surface area contributed by atoms with Gasteiger partial charge in [0.05, 0.1) is 12.3 Å². The van der Waals surface area contributed by atoms with Gasteiger partial charge in [-0.2, -0.15) is 0 Å². The highest BCUT2D eigenvalue weighted by Crippen LogP contribution is 2.35. The van der Waals surface area contributed by atoms with Crippen molar-refractivity contribution < 1.29 is 24.2 Å². The predicted molar refractivity (Wildman–Crippen MR) is 83.2 cm³/mol. The summed E-state index contributed by atoms with van der Waals surface area (Å²) >= 11 is 3.41. The highest BCUT2D eigenvalue weighted by Gasteiger charge is 2.22. The fourth-order valence-electron chi connectivity index (χ4n) is 2.06. The van der Waals surface area contributed by atoms with E-state index in [1.54, 1.807) is 26.0 Å². The van der Waals surface area contributed by atoms with Crippen LogP contribution in [0.2, 0.25) is 0 Å². The average molecular weight is 372 g/mol. The molecule has 0 aromatic heterocycles. The third-order valence-corrected chi connectivity index (χ3v) is 4.33. The van der Waals surface area contributed by atoms with Crippen LogP contribution in [0.5, 0.6) is 11.5 Å². The number of nitrogens with one attached hydrogen (secondary N) is 1. The van der Waals surface area contributed by atoms with E-state index < -0.39 is 17.9 Å². The van der Waals surface area contributed by atoms with Crippen LogP contribution in [0.25, 0.3) is 0 Å². The Morgan fingerprint density at radius 2 is 1.86 bits per heavy atom. The standard InChI is InChI=1S/C15H18BrNO5/c1-8(15(19)20)9(2)17-14(18)6-10-5-12-13(7-11(10)16)22-4-3-21-12/h5,7-9H,3-4,6H2,1-2H3,(H,17,18)(H,19,20). The summed E-state index contributed by atoms with van der Waals surface area (Å²) in [5.74, 6) is -0.557. The predicted octanol–water partition coefficient (Wildman–Crippen LogP) is 1.99. The van der Waals surface area contributed by atoms with Crippen LogP contribution < -0.4 is 14.8 Å². The van der Waals surface area contributed by atoms with Gasteiger partial charge < -0.3 is 19.9 Å². The van der Waals surface area contributed by atoms with Crippen LogP contribution in [0, 0.1) is 5.92 Å². The fourth-order valence-corrected chi connectivity index (χ4v) is 2.52. The molecule has 2 rings (SSSR count). The first-order valence-corrected chi connectivity index (χ1v) is 7.78. The molecule has 1 aliphatic rings. The van der Waals surface area contributed by atoms with Gasteiger partial charge in [-0.1, -0.05) is 15.9 Å². The van der Waals surface area contributed by atoms with Crippen molar-refractivity contribution in [2.24, 2.45) is 5.92 Å². The highest BCUT2D eigenvalue weighted by molar-refractivity contribution is 9.10. The molecule has 1 aromatic rings. The second-order valence-corrected chi connectivity index (χ2v) is 6.10. The molecule has 0 aliphatic carbocycles. The van der Waals surface area contributed by atoms with Crippen molar-refractivity contribution in [1.82, 2.24) is 5.32 Å². The van der Waals surface area contributed by atoms with Gasteiger partial charge in [0.15, 0.2) is 11.5 Å². The van der Waals surface area contributed by atoms with E-state index in [4.69, 9.17) is 14.6 Å². The Morgan fingerprint density at radius 1 is 1.27 bits per heavy atom. The summed E-state index contributed by atoms with van der Waals surface area (Å²) in [7, 11) is 0. The third-order valence-electron chi connectivity index (χ3n) is 3.59. The van der Waals surface area contributed by atoms with Gasteiger partial charge >= 0.3 is 5.97 Å². The topological polar surface area (TPSA) is 84.9 Å². The van der Waals surface area contributed by atoms with Crippen LogP contribution in [0.15, 0.2) is 16.6 Å². The van der Waals surface area contributed by atoms with Crippen LogP contribution in [0.3, 0.4) is 0 Å². The molecule has 0 bridgehead atoms. The monoisotopic (exact) mass is 371 g/mol. The van der Waals surface area contributed by atoms with E-state index in [1.807, 2.05) is 0 Å². The van der Waals surface area contributed by atoms with Crippen LogP contribution in [0.4, 0.5) is 0 Å². The Kier molecular flexibility index (Phi) is 5.28. The maximum absolute atomic E-state index is 12.1. The zero-order valence-electron chi connectivity index (χ0n) is 12.4. The molecule has 2 N–H and O–H groups in total. The summed E-state index contributed by atoms with van der Waals surface area (Å²) in [4.78, 5) is 23.0. The van der Waals surface area contributed by atoms with E-state index in [0.717, 1.165) is 10.0 Å². The average Bonchev–Trinajstić information content (AvgIpc) is 2.46. The fraction of sp³-hybridized carbons (Fsp3) is 0.467. The number of hydrogen-bond acceptors (Lipinski definition) is 4. The van der Waals surface area contributed by atoms with E-state index in [9.17, 15) is 9.59 Å². The van der Waals surface area contributed by atoms with Crippen molar-refractivity contribution in [3.8, 4) is 11.5 Å². The Balaban J connectivity index is 2.04. The first-order valence-electron chi connectivity index (χ1n) is 6.98. The van der Waals surface area contributed by atoms with Crippen molar-refractivity contribution in [2.75, 3.05) is 13.2 Å². The molecular weight excluding hydrogens is 354 g/mol. The van der Waals surface area contributed by atoms with Crippen LogP contribution in [0.1, 0.15) is 19.4 Å². The zero-order valence-corrected chi connectivity index (χ0v) is 14.0. The lowest BCUT2D eigenvalue weighted by Gasteiger charge is -2.21. The quantitative estimate of drug-likeness (QED) is 0.826. The molecule has 0 fully saturated rings. The normalized spacial score (nSPS) is 15.8. The number of amides is 1. The lowest BCUT2D eigenvalue weighted by molar-refractivity contribution is -0.142. The molecule has 120 valence electrons. The van der Waals surface area contributed by atoms with Crippen LogP contribution >= 0.6 is 15.9 Å². The molecule has 0 saturated heterocycles. The minimum absolute atomic E-state index is 0.133. The Morgan fingerprint density at radius 3 is 2.45 bits per heavy atom. The molecule has 0 spiro atoms. The third kappa shape index (κ3) is 3.91. The molecule has 6 nitrogen and oxygen atoms in total. The zero-order chi connectivity index (χ0) is 16.3. The van der Waals surface area contributed by atoms with Gasteiger partial charge in [0.25, 0.3) is 0 Å². The summed E-state index contributed by atoms with van der Waals surface area (Å²) in [6.45, 7) is 4.22. The molecule has 1 aliphatic heterocycles. The van der Waals surface area contributed by atoms with Gasteiger partial charge in [-0.3, -0.25) is 9.59 Å². The maximum Gasteiger partial charge on any atom is 0.308 e. The van der Waals surface area contributed by atoms with E-state index in [-0.39, 0.29) is 12.3 Å². The SMILES string of the molecule is CC(NC(=O)Cc1cc2c(cc1Br)OCCO2)C(C)C(=O)O. The highest BCUT2D eigenvalue weighted by atomic mass is 79.9. The molecule has 2 unspecified atom stereocenters. The second-order valence-electron chi connectivity index (χ2n) is 5.25. The van der Waals surface area contributed by atoms with Crippen molar-refractivity contribution in [3.05, 3.63) is 22.2 Å². The van der Waals surface area contributed by atoms with Gasteiger partial charge in [0, 0.05) is 10.5 Å². The largest absolute Gasteiger partial charge is 0.486 e. The number of aliphatic carboxylic acids is 1. The van der Waals surface area contributed by atoms with E-state index in [0.29, 0.717) is 24.7 Å². The molecule has 2 atom stereocenters. The smallest absolute Gasteiger partial charge is 0.308 e. The van der Waals surface area contributed by atoms with Gasteiger partial charge in [-0.25, -0.2) is 0 Å². The first kappa shape index (κ1) is 16.6. The van der Waals surface area contributed by atoms with Gasteiger partial charge in [-0.05, 0) is 31.5 Å². The summed E-state index contributed by atoms with van der Waals surface area (Å²) in [5, 5.41) is 11.6. The molecule has 1 heterocycles. The van der Waals surface area contributed by atoms with Crippen molar-refractivity contribution in [3.63, 3.8) is 0 Å². The van der Waals surface area contributed by atoms with Crippen molar-refractivity contribution in [2.45, 2.75) is 26.3 Å². The molecule has 22 heavy (non-hydrogen) atoms. The number of benzene rings is 1. The van der Waals surface area contributed by atoms with E-state index in [1.165, 1.54) is 0 Å². The lowest BCUT2D eigenvalue weighted by Crippen LogP contribution is -2.40. The van der Waals surface area contributed by atoms with Gasteiger partial charge in [-0.15, -0.1) is 0 Å². The molecule has 7 heteroatoms. The second kappa shape index (κ2) is 7.00. The Labute approximate surface area is 136 Å². The first-order chi connectivity index (χ1) is 10.4. The minimum atomic E-state index is -0.937. The van der Waals surface area contributed by atoms with Gasteiger partial charge in [0.1, 0.15) is 13.2 Å². The number of ether oxygens (including phenoxy) is 2. The van der Waals surface area contributed by atoms with E-state index >= 15 is 0 Å². The van der Waals surface area contributed by atoms with Crippen molar-refractivity contribution in [1.29, 1.82) is 0 Å².